The van der Waals surface area contributed by atoms with Crippen molar-refractivity contribution in [3.63, 3.8) is 0 Å². The van der Waals surface area contributed by atoms with Gasteiger partial charge >= 0.3 is 0 Å². The van der Waals surface area contributed by atoms with Crippen LogP contribution in [0.1, 0.15) is 22.9 Å². The van der Waals surface area contributed by atoms with Crippen LogP contribution < -0.4 is 5.32 Å². The first-order valence-electron chi connectivity index (χ1n) is 7.28. The van der Waals surface area contributed by atoms with Crippen molar-refractivity contribution in [2.45, 2.75) is 18.9 Å². The lowest BCUT2D eigenvalue weighted by molar-refractivity contribution is 0.495. The molecule has 0 amide bonds. The molecule has 3 heteroatoms. The molecule has 3 aromatic rings. The Morgan fingerprint density at radius 1 is 0.952 bits per heavy atom. The Balaban J connectivity index is 0.00000132. The molecule has 4 rings (SSSR count). The molecular formula is C18H19ClN2. The number of hydrogen-bond acceptors (Lipinski definition) is 1. The second-order valence-corrected chi connectivity index (χ2v) is 5.51. The van der Waals surface area contributed by atoms with Crippen LogP contribution in [0.4, 0.5) is 0 Å². The Kier molecular flexibility index (Phi) is 4.00. The van der Waals surface area contributed by atoms with Gasteiger partial charge in [-0.15, -0.1) is 12.4 Å². The molecule has 2 N–H and O–H groups in total. The molecule has 0 saturated carbocycles. The number of para-hydroxylation sites is 1. The van der Waals surface area contributed by atoms with Gasteiger partial charge < -0.3 is 10.3 Å². The molecule has 0 radical (unpaired) electrons. The number of aromatic nitrogens is 1. The average molecular weight is 299 g/mol. The maximum atomic E-state index is 3.65. The highest BCUT2D eigenvalue weighted by Gasteiger charge is 2.23. The molecule has 2 heterocycles. The SMILES string of the molecule is Cl.c1ccc(CC2NCCc3c2[nH]c2ccccc32)cc1. The van der Waals surface area contributed by atoms with Crippen LogP contribution in [0.15, 0.2) is 54.6 Å². The van der Waals surface area contributed by atoms with E-state index in [-0.39, 0.29) is 12.4 Å². The van der Waals surface area contributed by atoms with Crippen molar-refractivity contribution in [1.82, 2.24) is 10.3 Å². The fraction of sp³-hybridized carbons (Fsp3) is 0.222. The molecule has 21 heavy (non-hydrogen) atoms. The van der Waals surface area contributed by atoms with Gasteiger partial charge in [-0.2, -0.15) is 0 Å². The summed E-state index contributed by atoms with van der Waals surface area (Å²) in [7, 11) is 0. The van der Waals surface area contributed by atoms with Crippen LogP contribution in [0.2, 0.25) is 0 Å². The van der Waals surface area contributed by atoms with Crippen LogP contribution in [0, 0.1) is 0 Å². The summed E-state index contributed by atoms with van der Waals surface area (Å²) in [5.41, 5.74) is 5.53. The van der Waals surface area contributed by atoms with E-state index in [1.54, 1.807) is 0 Å². The van der Waals surface area contributed by atoms with Crippen LogP contribution >= 0.6 is 12.4 Å². The number of H-pyrrole nitrogens is 1. The summed E-state index contributed by atoms with van der Waals surface area (Å²) < 4.78 is 0. The molecule has 0 spiro atoms. The first-order valence-corrected chi connectivity index (χ1v) is 7.28. The van der Waals surface area contributed by atoms with Gasteiger partial charge in [0.2, 0.25) is 0 Å². The molecule has 2 aromatic carbocycles. The molecule has 1 aliphatic heterocycles. The molecule has 0 fully saturated rings. The van der Waals surface area contributed by atoms with E-state index in [2.05, 4.69) is 64.9 Å². The van der Waals surface area contributed by atoms with E-state index < -0.39 is 0 Å². The van der Waals surface area contributed by atoms with Gasteiger partial charge in [0.15, 0.2) is 0 Å². The maximum absolute atomic E-state index is 3.65. The minimum Gasteiger partial charge on any atom is -0.357 e. The molecule has 0 saturated heterocycles. The number of halogens is 1. The maximum Gasteiger partial charge on any atom is 0.0517 e. The van der Waals surface area contributed by atoms with E-state index in [9.17, 15) is 0 Å². The summed E-state index contributed by atoms with van der Waals surface area (Å²) in [6.07, 6.45) is 2.16. The standard InChI is InChI=1S/C18H18N2.ClH/c1-2-6-13(7-3-1)12-17-18-15(10-11-19-17)14-8-4-5-9-16(14)20-18;/h1-9,17,19-20H,10-12H2;1H. The number of aromatic amines is 1. The zero-order chi connectivity index (χ0) is 13.4. The predicted octanol–water partition coefficient (Wildman–Crippen LogP) is 4.02. The Morgan fingerprint density at radius 3 is 2.57 bits per heavy atom. The van der Waals surface area contributed by atoms with Crippen molar-refractivity contribution in [3.8, 4) is 0 Å². The molecule has 1 atom stereocenters. The first kappa shape index (κ1) is 14.2. The lowest BCUT2D eigenvalue weighted by Gasteiger charge is -2.24. The minimum absolute atomic E-state index is 0. The van der Waals surface area contributed by atoms with Gasteiger partial charge in [0.1, 0.15) is 0 Å². The van der Waals surface area contributed by atoms with Crippen molar-refractivity contribution in [2.24, 2.45) is 0 Å². The Hall–Kier alpha value is -1.77. The van der Waals surface area contributed by atoms with E-state index in [0.717, 1.165) is 19.4 Å². The number of rotatable bonds is 2. The molecule has 1 aliphatic rings. The zero-order valence-electron chi connectivity index (χ0n) is 11.8. The lowest BCUT2D eigenvalue weighted by atomic mass is 9.95. The number of hydrogen-bond donors (Lipinski definition) is 2. The van der Waals surface area contributed by atoms with Gasteiger partial charge in [-0.25, -0.2) is 0 Å². The van der Waals surface area contributed by atoms with Crippen molar-refractivity contribution in [1.29, 1.82) is 0 Å². The average Bonchev–Trinajstić information content (AvgIpc) is 2.88. The minimum atomic E-state index is 0. The van der Waals surface area contributed by atoms with Crippen LogP contribution in [-0.4, -0.2) is 11.5 Å². The van der Waals surface area contributed by atoms with E-state index >= 15 is 0 Å². The third-order valence-electron chi connectivity index (χ3n) is 4.24. The third-order valence-corrected chi connectivity index (χ3v) is 4.24. The summed E-state index contributed by atoms with van der Waals surface area (Å²) in [4.78, 5) is 3.62. The Bertz CT molecular complexity index is 733. The van der Waals surface area contributed by atoms with Gasteiger partial charge in [0, 0.05) is 16.6 Å². The van der Waals surface area contributed by atoms with Gasteiger partial charge in [0.05, 0.1) is 6.04 Å². The fourth-order valence-electron chi connectivity index (χ4n) is 3.29. The second kappa shape index (κ2) is 5.92. The third kappa shape index (κ3) is 2.57. The van der Waals surface area contributed by atoms with Crippen LogP contribution in [0.25, 0.3) is 10.9 Å². The molecule has 0 bridgehead atoms. The molecular weight excluding hydrogens is 280 g/mol. The predicted molar refractivity (Wildman–Crippen MR) is 90.1 cm³/mol. The molecule has 2 nitrogen and oxygen atoms in total. The zero-order valence-corrected chi connectivity index (χ0v) is 12.6. The molecule has 0 aliphatic carbocycles. The van der Waals surface area contributed by atoms with E-state index in [4.69, 9.17) is 0 Å². The van der Waals surface area contributed by atoms with Gasteiger partial charge in [-0.1, -0.05) is 48.5 Å². The summed E-state index contributed by atoms with van der Waals surface area (Å²) in [6, 6.07) is 19.8. The van der Waals surface area contributed by atoms with Gasteiger partial charge in [-0.05, 0) is 36.6 Å². The van der Waals surface area contributed by atoms with Crippen LogP contribution in [-0.2, 0) is 12.8 Å². The van der Waals surface area contributed by atoms with Crippen LogP contribution in [0.3, 0.4) is 0 Å². The lowest BCUT2D eigenvalue weighted by Crippen LogP contribution is -2.31. The normalized spacial score (nSPS) is 17.2. The quantitative estimate of drug-likeness (QED) is 0.735. The van der Waals surface area contributed by atoms with E-state index in [1.165, 1.54) is 27.7 Å². The monoisotopic (exact) mass is 298 g/mol. The highest BCUT2D eigenvalue weighted by molar-refractivity contribution is 5.85. The van der Waals surface area contributed by atoms with Crippen molar-refractivity contribution in [2.75, 3.05) is 6.54 Å². The highest BCUT2D eigenvalue weighted by atomic mass is 35.5. The smallest absolute Gasteiger partial charge is 0.0517 e. The first-order chi connectivity index (χ1) is 9.92. The van der Waals surface area contributed by atoms with Gasteiger partial charge in [0.25, 0.3) is 0 Å². The molecule has 108 valence electrons. The topological polar surface area (TPSA) is 27.8 Å². The number of nitrogens with one attached hydrogen (secondary N) is 2. The van der Waals surface area contributed by atoms with Crippen molar-refractivity contribution in [3.05, 3.63) is 71.4 Å². The fourth-order valence-corrected chi connectivity index (χ4v) is 3.29. The summed E-state index contributed by atoms with van der Waals surface area (Å²) in [5, 5.41) is 5.04. The molecule has 1 aromatic heterocycles. The largest absolute Gasteiger partial charge is 0.357 e. The second-order valence-electron chi connectivity index (χ2n) is 5.51. The van der Waals surface area contributed by atoms with E-state index in [0.29, 0.717) is 6.04 Å². The highest BCUT2D eigenvalue weighted by Crippen LogP contribution is 2.31. The summed E-state index contributed by atoms with van der Waals surface area (Å²) >= 11 is 0. The van der Waals surface area contributed by atoms with Crippen molar-refractivity contribution >= 4 is 23.3 Å². The Morgan fingerprint density at radius 2 is 1.71 bits per heavy atom. The van der Waals surface area contributed by atoms with Crippen molar-refractivity contribution < 1.29 is 0 Å². The number of benzene rings is 2. The summed E-state index contributed by atoms with van der Waals surface area (Å²) in [6.45, 7) is 1.06. The summed E-state index contributed by atoms with van der Waals surface area (Å²) in [5.74, 6) is 0. The van der Waals surface area contributed by atoms with Crippen LogP contribution in [0.5, 0.6) is 0 Å². The van der Waals surface area contributed by atoms with Gasteiger partial charge in [-0.3, -0.25) is 0 Å². The molecule has 1 unspecified atom stereocenters. The Labute approximate surface area is 131 Å². The number of fused-ring (bicyclic) bond motifs is 3. The van der Waals surface area contributed by atoms with E-state index in [1.807, 2.05) is 0 Å².